The highest BCUT2D eigenvalue weighted by atomic mass is 35.5. The molecule has 0 saturated carbocycles. The normalized spacial score (nSPS) is 20.5. The van der Waals surface area contributed by atoms with Crippen LogP contribution in [-0.2, 0) is 24.8 Å². The molecule has 15 rings (SSSR count). The molecule has 9 aromatic rings. The van der Waals surface area contributed by atoms with E-state index in [-0.39, 0.29) is 36.2 Å². The number of sulfonamides is 2. The number of carboxylic acid groups (broad SMARTS) is 1. The molecule has 26 nitrogen and oxygen atoms in total. The number of likely N-dealkylation sites (tertiary alicyclic amines) is 3. The number of nitrogens with two attached hydrogens (primary N) is 2. The molecule has 6 aliphatic rings. The number of carbonyl (C=O) groups is 1. The van der Waals surface area contributed by atoms with E-state index in [4.69, 9.17) is 125 Å². The summed E-state index contributed by atoms with van der Waals surface area (Å²) >= 11 is 37.7. The van der Waals surface area contributed by atoms with Crippen LogP contribution in [0.1, 0.15) is 111 Å². The molecule has 12 heterocycles. The molecule has 568 valence electrons. The maximum Gasteiger partial charge on any atom is 0.317 e. The summed E-state index contributed by atoms with van der Waals surface area (Å²) in [6, 6.07) is 16.1. The van der Waals surface area contributed by atoms with Crippen LogP contribution in [0.3, 0.4) is 0 Å². The minimum atomic E-state index is -3.43. The lowest BCUT2D eigenvalue weighted by Crippen LogP contribution is -2.54. The molecule has 3 aromatic carbocycles. The quantitative estimate of drug-likeness (QED) is 0.0638. The molecule has 0 amide bonds. The number of aliphatic carboxylic acids is 1. The number of rotatable bonds is 20. The van der Waals surface area contributed by atoms with Crippen molar-refractivity contribution >= 4 is 147 Å². The summed E-state index contributed by atoms with van der Waals surface area (Å²) in [4.78, 5) is 53.3. The third-order valence-corrected chi connectivity index (χ3v) is 25.3. The van der Waals surface area contributed by atoms with Gasteiger partial charge in [0.25, 0.3) is 0 Å². The number of carboxylic acids is 1. The van der Waals surface area contributed by atoms with Crippen molar-refractivity contribution < 1.29 is 26.7 Å². The van der Waals surface area contributed by atoms with E-state index in [1.54, 1.807) is 18.2 Å². The Kier molecular flexibility index (Phi) is 24.0. The number of benzene rings is 3. The summed E-state index contributed by atoms with van der Waals surface area (Å²) in [5.74, 6) is 5.09. The summed E-state index contributed by atoms with van der Waals surface area (Å²) in [7, 11) is -6.86. The number of hydrogen-bond donors (Lipinski definition) is 3. The number of halogens is 6. The van der Waals surface area contributed by atoms with E-state index < -0.39 is 26.0 Å². The van der Waals surface area contributed by atoms with Crippen molar-refractivity contribution in [1.29, 1.82) is 0 Å². The van der Waals surface area contributed by atoms with E-state index in [1.165, 1.54) is 12.8 Å². The van der Waals surface area contributed by atoms with Gasteiger partial charge >= 0.3 is 5.97 Å². The topological polar surface area (TPSA) is 308 Å². The second-order valence-electron chi connectivity index (χ2n) is 29.5. The molecule has 0 spiro atoms. The van der Waals surface area contributed by atoms with Crippen LogP contribution in [0.15, 0.2) is 73.2 Å². The van der Waals surface area contributed by atoms with Gasteiger partial charge in [0.1, 0.15) is 34.0 Å². The zero-order valence-corrected chi connectivity index (χ0v) is 66.3. The van der Waals surface area contributed by atoms with Gasteiger partial charge in [-0.25, -0.2) is 71.1 Å². The van der Waals surface area contributed by atoms with Crippen molar-refractivity contribution in [2.24, 2.45) is 45.8 Å². The number of aryl methyl sites for hydroxylation is 3. The molecule has 6 aromatic heterocycles. The Hall–Kier alpha value is -6.38. The molecular weight excluding hydrogens is 1520 g/mol. The van der Waals surface area contributed by atoms with Crippen LogP contribution in [0.5, 0.6) is 0 Å². The van der Waals surface area contributed by atoms with Gasteiger partial charge in [-0.15, -0.1) is 0 Å². The summed E-state index contributed by atoms with van der Waals surface area (Å²) in [6.07, 6.45) is 12.2. The Bertz CT molecular complexity index is 4730. The Labute approximate surface area is 648 Å². The van der Waals surface area contributed by atoms with Crippen LogP contribution in [0, 0.1) is 56.3 Å². The number of hydrogen-bond acceptors (Lipinski definition) is 20. The van der Waals surface area contributed by atoms with E-state index in [2.05, 4.69) is 34.4 Å². The first-order chi connectivity index (χ1) is 50.5. The Morgan fingerprint density at radius 1 is 0.462 bits per heavy atom. The van der Waals surface area contributed by atoms with Crippen molar-refractivity contribution in [3.8, 4) is 0 Å². The van der Waals surface area contributed by atoms with Crippen LogP contribution in [-0.4, -0.2) is 212 Å². The fraction of sp³-hybridized carbons (Fsp3) is 0.528. The average molecular weight is 1610 g/mol. The minimum absolute atomic E-state index is 0.0128. The first kappa shape index (κ1) is 77.8. The number of aromatic nitrogens is 12. The highest BCUT2D eigenvalue weighted by Gasteiger charge is 2.41. The monoisotopic (exact) mass is 1600 g/mol. The van der Waals surface area contributed by atoms with Crippen molar-refractivity contribution in [3.63, 3.8) is 0 Å². The third kappa shape index (κ3) is 17.9. The largest absolute Gasteiger partial charge is 0.480 e. The van der Waals surface area contributed by atoms with E-state index in [0.717, 1.165) is 189 Å². The molecule has 34 heteroatoms. The predicted octanol–water partition coefficient (Wildman–Crippen LogP) is 11.3. The standard InChI is InChI=1S/2C24H31Cl2N7O2S.C24H28Cl2N6O2/c2*1-15-23-24(33(30-15)16(2)20-6-5-19(25)10-21(20)26)29-22(11-28-23)32-13-18(14-32)17-4-3-7-31(12-17)8-9-36(27,34)35;1-14-23-24(32(29-14)15(2)19-6-5-18(25)8-20(19)26)28-21(9-27-23)31-11-17(12-31)16-4-3-7-30(10-16)13-22(33)34/h2*5-6,10-11,16-18H,3-4,7-9,12-14H2,1-2H3,(H2,27,34,35);5-6,8-9,15-17H,3-4,7,10-13H2,1-2H3,(H,33,34)/t16-,17+;16-,17-;15-,16-/m111/s1. The summed E-state index contributed by atoms with van der Waals surface area (Å²) in [6.45, 7) is 24.0. The molecule has 0 unspecified atom stereocenters. The molecule has 0 radical (unpaired) electrons. The SMILES string of the molecule is Cc1nn([C@H](C)c2ccc(Cl)cc2Cl)c2nc(N3CC([C@@H]4CCCN(CC(=O)O)C4)C3)cnc12.Cc1nn([C@H](C)c2ccc(Cl)cc2Cl)c2nc(N3CC([C@@H]4CCCN(CCS(N)(=O)=O)C4)C3)cnc12.Cc1nn([C@H](C)c2ccc(Cl)cc2Cl)c2nc(N3CC([C@H]4CCCN(CCS(N)(=O)=O)C4)C3)cnc12. The van der Waals surface area contributed by atoms with Gasteiger partial charge in [0, 0.05) is 102 Å². The highest BCUT2D eigenvalue weighted by molar-refractivity contribution is 7.89. The van der Waals surface area contributed by atoms with E-state index >= 15 is 0 Å². The molecule has 0 aliphatic carbocycles. The van der Waals surface area contributed by atoms with Gasteiger partial charge in [-0.2, -0.15) is 15.3 Å². The average Bonchev–Trinajstić information content (AvgIpc) is 1.51. The van der Waals surface area contributed by atoms with Crippen molar-refractivity contribution in [2.45, 2.75) is 98.2 Å². The molecule has 5 N–H and O–H groups in total. The fourth-order valence-corrected chi connectivity index (χ4v) is 18.7. The summed E-state index contributed by atoms with van der Waals surface area (Å²) in [5, 5.41) is 37.3. The molecule has 6 atom stereocenters. The molecule has 106 heavy (non-hydrogen) atoms. The molecule has 6 aliphatic heterocycles. The number of anilines is 3. The second kappa shape index (κ2) is 32.7. The lowest BCUT2D eigenvalue weighted by atomic mass is 9.80. The van der Waals surface area contributed by atoms with Crippen molar-refractivity contribution in [2.75, 3.05) is 124 Å². The number of fused-ring (bicyclic) bond motifs is 3. The van der Waals surface area contributed by atoms with Gasteiger partial charge in [0.05, 0.1) is 71.8 Å². The lowest BCUT2D eigenvalue weighted by molar-refractivity contribution is -0.138. The van der Waals surface area contributed by atoms with Crippen LogP contribution < -0.4 is 25.0 Å². The smallest absolute Gasteiger partial charge is 0.317 e. The number of primary sulfonamides is 2. The van der Waals surface area contributed by atoms with E-state index in [0.29, 0.717) is 78.7 Å². The predicted molar refractivity (Wildman–Crippen MR) is 419 cm³/mol. The van der Waals surface area contributed by atoms with Crippen LogP contribution >= 0.6 is 69.6 Å². The highest BCUT2D eigenvalue weighted by Crippen LogP contribution is 2.40. The lowest BCUT2D eigenvalue weighted by Gasteiger charge is -2.47. The number of piperidine rings is 3. The zero-order chi connectivity index (χ0) is 75.2. The Balaban J connectivity index is 0.000000141. The molecule has 0 bridgehead atoms. The minimum Gasteiger partial charge on any atom is -0.480 e. The van der Waals surface area contributed by atoms with Gasteiger partial charge in [-0.3, -0.25) is 9.69 Å². The van der Waals surface area contributed by atoms with Gasteiger partial charge in [0.2, 0.25) is 20.0 Å². The number of nitrogens with zero attached hydrogens (tertiary/aromatic N) is 18. The van der Waals surface area contributed by atoms with Crippen LogP contribution in [0.2, 0.25) is 30.1 Å². The molecule has 6 fully saturated rings. The van der Waals surface area contributed by atoms with Gasteiger partial charge in [-0.05, 0) is 188 Å². The maximum absolute atomic E-state index is 11.3. The van der Waals surface area contributed by atoms with Gasteiger partial charge < -0.3 is 29.6 Å². The fourth-order valence-electron chi connectivity index (χ4n) is 16.0. The zero-order valence-electron chi connectivity index (χ0n) is 60.2. The Morgan fingerprint density at radius 2 is 0.755 bits per heavy atom. The van der Waals surface area contributed by atoms with Crippen LogP contribution in [0.25, 0.3) is 33.5 Å². The molecular formula is C72H90Cl6N20O6S2. The van der Waals surface area contributed by atoms with Gasteiger partial charge in [0.15, 0.2) is 16.9 Å². The molecule has 6 saturated heterocycles. The summed E-state index contributed by atoms with van der Waals surface area (Å²) < 4.78 is 51.0. The van der Waals surface area contributed by atoms with E-state index in [9.17, 15) is 21.6 Å². The first-order valence-corrected chi connectivity index (χ1v) is 41.8. The Morgan fingerprint density at radius 3 is 1.04 bits per heavy atom. The van der Waals surface area contributed by atoms with Crippen molar-refractivity contribution in [1.82, 2.24) is 73.9 Å². The first-order valence-electron chi connectivity index (χ1n) is 36.1. The van der Waals surface area contributed by atoms with E-state index in [1.807, 2.05) is 111 Å². The van der Waals surface area contributed by atoms with Crippen molar-refractivity contribution in [3.05, 3.63) is 137 Å². The van der Waals surface area contributed by atoms with Gasteiger partial charge in [-0.1, -0.05) is 87.8 Å². The third-order valence-electron chi connectivity index (χ3n) is 22.1. The summed E-state index contributed by atoms with van der Waals surface area (Å²) in [5.41, 5.74) is 9.80. The second-order valence-corrected chi connectivity index (χ2v) is 35.5. The van der Waals surface area contributed by atoms with Crippen LogP contribution in [0.4, 0.5) is 17.5 Å². The maximum atomic E-state index is 11.3.